The molecule has 1 heterocycles. The van der Waals surface area contributed by atoms with Crippen molar-refractivity contribution < 1.29 is 14.5 Å². The molecule has 1 aromatic carbocycles. The predicted molar refractivity (Wildman–Crippen MR) is 71.6 cm³/mol. The summed E-state index contributed by atoms with van der Waals surface area (Å²) in [5.74, 6) is -0.577. The van der Waals surface area contributed by atoms with Crippen LogP contribution in [0.15, 0.2) is 18.2 Å². The lowest BCUT2D eigenvalue weighted by atomic mass is 10.1. The average molecular weight is 298 g/mol. The van der Waals surface area contributed by atoms with Crippen LogP contribution in [0.1, 0.15) is 16.8 Å². The summed E-state index contributed by atoms with van der Waals surface area (Å²) in [7, 11) is 1.65. The van der Waals surface area contributed by atoms with Crippen molar-refractivity contribution in [3.8, 4) is 0 Å². The van der Waals surface area contributed by atoms with Gasteiger partial charge in [-0.2, -0.15) is 0 Å². The first-order valence-corrected chi connectivity index (χ1v) is 6.25. The van der Waals surface area contributed by atoms with E-state index in [1.165, 1.54) is 17.0 Å². The van der Waals surface area contributed by atoms with Crippen molar-refractivity contribution in [1.29, 1.82) is 0 Å². The normalized spacial score (nSPS) is 18.2. The van der Waals surface area contributed by atoms with Gasteiger partial charge in [0, 0.05) is 32.1 Å². The molecule has 0 bridgehead atoms. The number of hydrogen-bond acceptors (Lipinski definition) is 4. The molecule has 7 nitrogen and oxygen atoms in total. The minimum Gasteiger partial charge on any atom is -0.347 e. The number of carbonyl (C=O) groups excluding carboxylic acids is 2. The maximum atomic E-state index is 12.1. The molecule has 0 saturated carbocycles. The van der Waals surface area contributed by atoms with Crippen LogP contribution >= 0.6 is 11.6 Å². The van der Waals surface area contributed by atoms with Gasteiger partial charge in [-0.1, -0.05) is 11.6 Å². The van der Waals surface area contributed by atoms with Crippen molar-refractivity contribution in [2.45, 2.75) is 12.5 Å². The van der Waals surface area contributed by atoms with E-state index in [0.717, 1.165) is 6.07 Å². The summed E-state index contributed by atoms with van der Waals surface area (Å²) in [6, 6.07) is 3.35. The van der Waals surface area contributed by atoms with Crippen LogP contribution in [-0.2, 0) is 4.79 Å². The summed E-state index contributed by atoms with van der Waals surface area (Å²) >= 11 is 5.88. The summed E-state index contributed by atoms with van der Waals surface area (Å²) in [6.45, 7) is 0.414. The summed E-state index contributed by atoms with van der Waals surface area (Å²) in [5.41, 5.74) is -0.179. The molecule has 2 amide bonds. The molecule has 20 heavy (non-hydrogen) atoms. The van der Waals surface area contributed by atoms with Crippen LogP contribution in [0.5, 0.6) is 0 Å². The highest BCUT2D eigenvalue weighted by Crippen LogP contribution is 2.22. The Morgan fingerprint density at radius 2 is 2.25 bits per heavy atom. The van der Waals surface area contributed by atoms with Gasteiger partial charge < -0.3 is 10.2 Å². The molecule has 1 fully saturated rings. The molecule has 1 atom stereocenters. The number of likely N-dealkylation sites (N-methyl/N-ethyl adjacent to an activating group) is 1. The Morgan fingerprint density at radius 3 is 2.80 bits per heavy atom. The molecule has 0 aliphatic carbocycles. The van der Waals surface area contributed by atoms with E-state index in [2.05, 4.69) is 5.32 Å². The second-order valence-corrected chi connectivity index (χ2v) is 4.98. The number of amides is 2. The van der Waals surface area contributed by atoms with E-state index in [4.69, 9.17) is 11.6 Å². The number of nitrogens with zero attached hydrogens (tertiary/aromatic N) is 2. The fraction of sp³-hybridized carbons (Fsp3) is 0.333. The van der Waals surface area contributed by atoms with Crippen LogP contribution in [-0.4, -0.2) is 41.3 Å². The van der Waals surface area contributed by atoms with Crippen molar-refractivity contribution in [1.82, 2.24) is 10.2 Å². The standard InChI is InChI=1S/C12H12ClN3O4/c1-15-6-7(4-11(15)17)14-12(18)9-5-8(16(19)20)2-3-10(9)13/h2-3,5,7H,4,6H2,1H3,(H,14,18)/t7-/m0/s1. The number of nitro benzene ring substituents is 1. The van der Waals surface area contributed by atoms with Crippen LogP contribution in [0.25, 0.3) is 0 Å². The van der Waals surface area contributed by atoms with Gasteiger partial charge in [-0.3, -0.25) is 19.7 Å². The smallest absolute Gasteiger partial charge is 0.270 e. The van der Waals surface area contributed by atoms with Gasteiger partial charge in [0.2, 0.25) is 5.91 Å². The molecule has 1 aromatic rings. The fourth-order valence-electron chi connectivity index (χ4n) is 2.02. The minimum atomic E-state index is -0.597. The van der Waals surface area contributed by atoms with E-state index in [0.29, 0.717) is 6.54 Å². The van der Waals surface area contributed by atoms with E-state index in [-0.39, 0.29) is 34.6 Å². The van der Waals surface area contributed by atoms with Crippen LogP contribution in [0, 0.1) is 10.1 Å². The van der Waals surface area contributed by atoms with Gasteiger partial charge in [-0.15, -0.1) is 0 Å². The zero-order chi connectivity index (χ0) is 14.9. The molecule has 0 aromatic heterocycles. The lowest BCUT2D eigenvalue weighted by Gasteiger charge is -2.13. The maximum absolute atomic E-state index is 12.1. The number of carbonyl (C=O) groups is 2. The van der Waals surface area contributed by atoms with E-state index in [1.54, 1.807) is 7.05 Å². The molecular weight excluding hydrogens is 286 g/mol. The highest BCUT2D eigenvalue weighted by atomic mass is 35.5. The lowest BCUT2D eigenvalue weighted by molar-refractivity contribution is -0.384. The predicted octanol–water partition coefficient (Wildman–Crippen LogP) is 1.21. The SMILES string of the molecule is CN1C[C@@H](NC(=O)c2cc([N+](=O)[O-])ccc2Cl)CC1=O. The van der Waals surface area contributed by atoms with Crippen molar-refractivity contribution in [3.63, 3.8) is 0 Å². The molecule has 0 radical (unpaired) electrons. The van der Waals surface area contributed by atoms with Crippen LogP contribution in [0.2, 0.25) is 5.02 Å². The first-order chi connectivity index (χ1) is 9.38. The Kier molecular flexibility index (Phi) is 3.89. The Bertz CT molecular complexity index is 590. The second kappa shape index (κ2) is 5.46. The molecule has 0 unspecified atom stereocenters. The third-order valence-corrected chi connectivity index (χ3v) is 3.41. The second-order valence-electron chi connectivity index (χ2n) is 4.57. The highest BCUT2D eigenvalue weighted by Gasteiger charge is 2.28. The van der Waals surface area contributed by atoms with Gasteiger partial charge in [0.1, 0.15) is 0 Å². The van der Waals surface area contributed by atoms with Crippen LogP contribution in [0.3, 0.4) is 0 Å². The number of rotatable bonds is 3. The number of non-ortho nitro benzene ring substituents is 1. The zero-order valence-electron chi connectivity index (χ0n) is 10.6. The molecule has 1 aliphatic heterocycles. The molecular formula is C12H12ClN3O4. The third-order valence-electron chi connectivity index (χ3n) is 3.08. The maximum Gasteiger partial charge on any atom is 0.270 e. The van der Waals surface area contributed by atoms with Gasteiger partial charge in [-0.05, 0) is 6.07 Å². The quantitative estimate of drug-likeness (QED) is 0.670. The molecule has 106 valence electrons. The number of likely N-dealkylation sites (tertiary alicyclic amines) is 1. The topological polar surface area (TPSA) is 92.6 Å². The molecule has 1 aliphatic rings. The highest BCUT2D eigenvalue weighted by molar-refractivity contribution is 6.34. The van der Waals surface area contributed by atoms with Crippen LogP contribution in [0.4, 0.5) is 5.69 Å². The third kappa shape index (κ3) is 2.88. The van der Waals surface area contributed by atoms with Crippen molar-refractivity contribution in [2.24, 2.45) is 0 Å². The van der Waals surface area contributed by atoms with Gasteiger partial charge in [0.25, 0.3) is 11.6 Å². The van der Waals surface area contributed by atoms with Gasteiger partial charge >= 0.3 is 0 Å². The summed E-state index contributed by atoms with van der Waals surface area (Å²) in [4.78, 5) is 35.0. The van der Waals surface area contributed by atoms with Gasteiger partial charge in [0.15, 0.2) is 0 Å². The molecule has 0 spiro atoms. The van der Waals surface area contributed by atoms with Crippen molar-refractivity contribution >= 4 is 29.1 Å². The Morgan fingerprint density at radius 1 is 1.55 bits per heavy atom. The monoisotopic (exact) mass is 297 g/mol. The lowest BCUT2D eigenvalue weighted by Crippen LogP contribution is -2.36. The summed E-state index contributed by atoms with van der Waals surface area (Å²) < 4.78 is 0. The Balaban J connectivity index is 2.15. The van der Waals surface area contributed by atoms with E-state index in [9.17, 15) is 19.7 Å². The Labute approximate surface area is 119 Å². The first-order valence-electron chi connectivity index (χ1n) is 5.87. The van der Waals surface area contributed by atoms with Crippen molar-refractivity contribution in [3.05, 3.63) is 38.9 Å². The molecule has 2 rings (SSSR count). The van der Waals surface area contributed by atoms with Crippen LogP contribution < -0.4 is 5.32 Å². The van der Waals surface area contributed by atoms with E-state index < -0.39 is 10.8 Å². The number of halogens is 1. The fourth-order valence-corrected chi connectivity index (χ4v) is 2.23. The molecule has 8 heteroatoms. The van der Waals surface area contributed by atoms with Gasteiger partial charge in [0.05, 0.1) is 21.6 Å². The summed E-state index contributed by atoms with van der Waals surface area (Å²) in [5, 5.41) is 13.5. The van der Waals surface area contributed by atoms with E-state index >= 15 is 0 Å². The first kappa shape index (κ1) is 14.3. The minimum absolute atomic E-state index is 0.0304. The number of nitrogens with one attached hydrogen (secondary N) is 1. The largest absolute Gasteiger partial charge is 0.347 e. The number of nitro groups is 1. The van der Waals surface area contributed by atoms with Crippen molar-refractivity contribution in [2.75, 3.05) is 13.6 Å². The average Bonchev–Trinajstić information content (AvgIpc) is 2.68. The number of benzene rings is 1. The van der Waals surface area contributed by atoms with Gasteiger partial charge in [-0.25, -0.2) is 0 Å². The zero-order valence-corrected chi connectivity index (χ0v) is 11.4. The molecule has 1 saturated heterocycles. The number of hydrogen-bond donors (Lipinski definition) is 1. The Hall–Kier alpha value is -2.15. The summed E-state index contributed by atoms with van der Waals surface area (Å²) in [6.07, 6.45) is 0.217. The molecule has 1 N–H and O–H groups in total. The van der Waals surface area contributed by atoms with E-state index in [1.807, 2.05) is 0 Å².